The van der Waals surface area contributed by atoms with Gasteiger partial charge in [-0.3, -0.25) is 4.79 Å². The molecule has 2 rings (SSSR count). The molecule has 23 heavy (non-hydrogen) atoms. The summed E-state index contributed by atoms with van der Waals surface area (Å²) < 4.78 is 0. The molecule has 2 aromatic rings. The lowest BCUT2D eigenvalue weighted by Crippen LogP contribution is -2.27. The van der Waals surface area contributed by atoms with Gasteiger partial charge in [0.05, 0.1) is 0 Å². The molecule has 0 bridgehead atoms. The van der Waals surface area contributed by atoms with Crippen molar-refractivity contribution in [2.75, 3.05) is 11.9 Å². The number of aromatic nitrogens is 2. The van der Waals surface area contributed by atoms with E-state index in [0.717, 1.165) is 18.4 Å². The molecule has 5 nitrogen and oxygen atoms in total. The molecule has 0 spiro atoms. The van der Waals surface area contributed by atoms with Gasteiger partial charge in [0.25, 0.3) is 5.91 Å². The highest BCUT2D eigenvalue weighted by Crippen LogP contribution is 2.11. The summed E-state index contributed by atoms with van der Waals surface area (Å²) in [6, 6.07) is 9.57. The Morgan fingerprint density at radius 1 is 1.30 bits per heavy atom. The van der Waals surface area contributed by atoms with Gasteiger partial charge in [0.2, 0.25) is 0 Å². The fourth-order valence-electron chi connectivity index (χ4n) is 2.02. The van der Waals surface area contributed by atoms with Crippen LogP contribution in [0.25, 0.3) is 0 Å². The Hall–Kier alpha value is -2.14. The molecule has 0 aliphatic heterocycles. The molecule has 1 unspecified atom stereocenters. The minimum Gasteiger partial charge on any atom is -0.368 e. The molecule has 2 N–H and O–H groups in total. The maximum atomic E-state index is 12.2. The van der Waals surface area contributed by atoms with Crippen molar-refractivity contribution < 1.29 is 4.79 Å². The number of carbonyl (C=O) groups is 1. The molecule has 1 heterocycles. The first-order valence-corrected chi connectivity index (χ1v) is 8.07. The Morgan fingerprint density at radius 2 is 2.13 bits per heavy atom. The molecule has 0 radical (unpaired) electrons. The van der Waals surface area contributed by atoms with Crippen LogP contribution in [-0.4, -0.2) is 28.5 Å². The SMILES string of the molecule is CCC(C)Nc1cc(C(=O)NCCc2cccc(Cl)c2)ncn1. The number of hydrogen-bond donors (Lipinski definition) is 2. The zero-order chi connectivity index (χ0) is 16.7. The average Bonchev–Trinajstić information content (AvgIpc) is 2.55. The summed E-state index contributed by atoms with van der Waals surface area (Å²) in [5, 5.41) is 6.79. The second kappa shape index (κ2) is 8.48. The van der Waals surface area contributed by atoms with Crippen molar-refractivity contribution in [1.82, 2.24) is 15.3 Å². The highest BCUT2D eigenvalue weighted by Gasteiger charge is 2.09. The molecule has 1 aromatic carbocycles. The van der Waals surface area contributed by atoms with Crippen molar-refractivity contribution in [1.29, 1.82) is 0 Å². The molecule has 1 aromatic heterocycles. The van der Waals surface area contributed by atoms with Gasteiger partial charge in [0, 0.05) is 23.7 Å². The minimum atomic E-state index is -0.207. The third-order valence-corrected chi connectivity index (χ3v) is 3.73. The van der Waals surface area contributed by atoms with Crippen molar-refractivity contribution in [3.8, 4) is 0 Å². The maximum Gasteiger partial charge on any atom is 0.270 e. The molecule has 0 saturated heterocycles. The predicted octanol–water partition coefficient (Wildman–Crippen LogP) is 3.31. The first-order chi connectivity index (χ1) is 11.1. The Balaban J connectivity index is 1.89. The lowest BCUT2D eigenvalue weighted by Gasteiger charge is -2.12. The van der Waals surface area contributed by atoms with Gasteiger partial charge in [-0.1, -0.05) is 30.7 Å². The van der Waals surface area contributed by atoms with E-state index in [2.05, 4.69) is 34.4 Å². The molecule has 0 aliphatic carbocycles. The van der Waals surface area contributed by atoms with Gasteiger partial charge in [-0.15, -0.1) is 0 Å². The van der Waals surface area contributed by atoms with E-state index in [1.165, 1.54) is 6.33 Å². The van der Waals surface area contributed by atoms with Gasteiger partial charge in [0.1, 0.15) is 17.8 Å². The van der Waals surface area contributed by atoms with E-state index in [9.17, 15) is 4.79 Å². The van der Waals surface area contributed by atoms with E-state index >= 15 is 0 Å². The number of hydrogen-bond acceptors (Lipinski definition) is 4. The lowest BCUT2D eigenvalue weighted by atomic mass is 10.1. The second-order valence-electron chi connectivity index (χ2n) is 5.38. The number of anilines is 1. The monoisotopic (exact) mass is 332 g/mol. The van der Waals surface area contributed by atoms with Gasteiger partial charge in [-0.2, -0.15) is 0 Å². The molecular formula is C17H21ClN4O. The quantitative estimate of drug-likeness (QED) is 0.816. The first-order valence-electron chi connectivity index (χ1n) is 7.69. The van der Waals surface area contributed by atoms with Crippen LogP contribution >= 0.6 is 11.6 Å². The first kappa shape index (κ1) is 17.2. The molecule has 122 valence electrons. The molecule has 0 fully saturated rings. The third kappa shape index (κ3) is 5.53. The molecule has 1 atom stereocenters. The fourth-order valence-corrected chi connectivity index (χ4v) is 2.23. The van der Waals surface area contributed by atoms with Crippen LogP contribution in [-0.2, 0) is 6.42 Å². The highest BCUT2D eigenvalue weighted by atomic mass is 35.5. The van der Waals surface area contributed by atoms with E-state index < -0.39 is 0 Å². The summed E-state index contributed by atoms with van der Waals surface area (Å²) in [5.74, 6) is 0.455. The van der Waals surface area contributed by atoms with Crippen LogP contribution in [0, 0.1) is 0 Å². The van der Waals surface area contributed by atoms with Crippen LogP contribution in [0.4, 0.5) is 5.82 Å². The van der Waals surface area contributed by atoms with Crippen molar-refractivity contribution >= 4 is 23.3 Å². The highest BCUT2D eigenvalue weighted by molar-refractivity contribution is 6.30. The number of benzene rings is 1. The zero-order valence-electron chi connectivity index (χ0n) is 13.3. The summed E-state index contributed by atoms with van der Waals surface area (Å²) in [6.07, 6.45) is 3.09. The largest absolute Gasteiger partial charge is 0.368 e. The molecular weight excluding hydrogens is 312 g/mol. The fraction of sp³-hybridized carbons (Fsp3) is 0.353. The summed E-state index contributed by atoms with van der Waals surface area (Å²) >= 11 is 5.94. The summed E-state index contributed by atoms with van der Waals surface area (Å²) in [7, 11) is 0. The number of nitrogens with zero attached hydrogens (tertiary/aromatic N) is 2. The van der Waals surface area contributed by atoms with Crippen LogP contribution in [0.5, 0.6) is 0 Å². The van der Waals surface area contributed by atoms with Crippen molar-refractivity contribution in [3.63, 3.8) is 0 Å². The zero-order valence-corrected chi connectivity index (χ0v) is 14.1. The standard InChI is InChI=1S/C17H21ClN4O/c1-3-12(2)22-16-10-15(20-11-21-16)17(23)19-8-7-13-5-4-6-14(18)9-13/h4-6,9-12H,3,7-8H2,1-2H3,(H,19,23)(H,20,21,22). The van der Waals surface area contributed by atoms with Gasteiger partial charge in [0.15, 0.2) is 0 Å². The number of rotatable bonds is 7. The maximum absolute atomic E-state index is 12.2. The van der Waals surface area contributed by atoms with Crippen molar-refractivity contribution in [2.24, 2.45) is 0 Å². The Bertz CT molecular complexity index is 663. The normalized spacial score (nSPS) is 11.8. The van der Waals surface area contributed by atoms with E-state index in [0.29, 0.717) is 29.1 Å². The van der Waals surface area contributed by atoms with Crippen molar-refractivity contribution in [2.45, 2.75) is 32.7 Å². The van der Waals surface area contributed by atoms with Crippen LogP contribution in [0.3, 0.4) is 0 Å². The lowest BCUT2D eigenvalue weighted by molar-refractivity contribution is 0.0949. The van der Waals surface area contributed by atoms with Gasteiger partial charge < -0.3 is 10.6 Å². The Kier molecular flexibility index (Phi) is 6.35. The van der Waals surface area contributed by atoms with E-state index in [-0.39, 0.29) is 5.91 Å². The molecule has 0 aliphatic rings. The number of halogens is 1. The number of nitrogens with one attached hydrogen (secondary N) is 2. The Labute approximate surface area is 141 Å². The topological polar surface area (TPSA) is 66.9 Å². The van der Waals surface area contributed by atoms with Crippen LogP contribution in [0.1, 0.15) is 36.3 Å². The molecule has 6 heteroatoms. The van der Waals surface area contributed by atoms with Gasteiger partial charge >= 0.3 is 0 Å². The minimum absolute atomic E-state index is 0.207. The number of amides is 1. The van der Waals surface area contributed by atoms with Crippen LogP contribution in [0.2, 0.25) is 5.02 Å². The van der Waals surface area contributed by atoms with Crippen LogP contribution in [0.15, 0.2) is 36.7 Å². The third-order valence-electron chi connectivity index (χ3n) is 3.49. The summed E-state index contributed by atoms with van der Waals surface area (Å²) in [6.45, 7) is 4.67. The van der Waals surface area contributed by atoms with Crippen molar-refractivity contribution in [3.05, 3.63) is 52.9 Å². The van der Waals surface area contributed by atoms with Crippen LogP contribution < -0.4 is 10.6 Å². The molecule has 1 amide bonds. The van der Waals surface area contributed by atoms with Gasteiger partial charge in [-0.25, -0.2) is 9.97 Å². The summed E-state index contributed by atoms with van der Waals surface area (Å²) in [5.41, 5.74) is 1.44. The van der Waals surface area contributed by atoms with E-state index in [1.54, 1.807) is 6.07 Å². The van der Waals surface area contributed by atoms with E-state index in [4.69, 9.17) is 11.6 Å². The van der Waals surface area contributed by atoms with Gasteiger partial charge in [-0.05, 0) is 37.5 Å². The predicted molar refractivity (Wildman–Crippen MR) is 92.9 cm³/mol. The molecule has 0 saturated carbocycles. The number of carbonyl (C=O) groups excluding carboxylic acids is 1. The summed E-state index contributed by atoms with van der Waals surface area (Å²) in [4.78, 5) is 20.3. The van der Waals surface area contributed by atoms with E-state index in [1.807, 2.05) is 24.3 Å². The average molecular weight is 333 g/mol. The second-order valence-corrected chi connectivity index (χ2v) is 5.81. The Morgan fingerprint density at radius 3 is 2.87 bits per heavy atom. The smallest absolute Gasteiger partial charge is 0.270 e.